The average Bonchev–Trinajstić information content (AvgIpc) is 3.29. The number of primary amides is 1. The van der Waals surface area contributed by atoms with E-state index >= 15 is 0 Å². The summed E-state index contributed by atoms with van der Waals surface area (Å²) in [6, 6.07) is 2.90. The van der Waals surface area contributed by atoms with E-state index in [1.54, 1.807) is 25.4 Å². The molecule has 0 aromatic carbocycles. The number of hydrogen-bond donors (Lipinski definition) is 4. The Morgan fingerprint density at radius 2 is 2.25 bits per heavy atom. The number of likely N-dealkylation sites (N-methyl/N-ethyl adjacent to an activating group) is 1. The van der Waals surface area contributed by atoms with Crippen molar-refractivity contribution in [2.75, 3.05) is 32.0 Å². The Morgan fingerprint density at radius 1 is 1.43 bits per heavy atom. The van der Waals surface area contributed by atoms with E-state index in [0.717, 1.165) is 6.42 Å². The second-order valence-electron chi connectivity index (χ2n) is 6.25. The second kappa shape index (κ2) is 8.48. The molecule has 2 aromatic heterocycles. The molecular formula is C17H22N8O3. The molecule has 1 aliphatic heterocycles. The van der Waals surface area contributed by atoms with Gasteiger partial charge in [-0.05, 0) is 25.1 Å². The lowest BCUT2D eigenvalue weighted by atomic mass is 10.1. The highest BCUT2D eigenvalue weighted by molar-refractivity contribution is 6.41. The molecule has 11 heteroatoms. The van der Waals surface area contributed by atoms with E-state index in [2.05, 4.69) is 25.7 Å². The minimum absolute atomic E-state index is 0.0860. The first-order valence-electron chi connectivity index (χ1n) is 8.74. The summed E-state index contributed by atoms with van der Waals surface area (Å²) < 4.78 is 5.43. The number of hydrazone groups is 1. The summed E-state index contributed by atoms with van der Waals surface area (Å²) in [5.41, 5.74) is 11.6. The van der Waals surface area contributed by atoms with Gasteiger partial charge in [0.15, 0.2) is 5.69 Å². The standard InChI is InChI=1S/C17H22N8O3/c1-25-8-11(14(24-25)15(19)26)22-16(27)12-9-28-17(23-12)10-3-6-21-13(7-10)20-5-2-4-18/h3,6-7,9,11H,2,4-5,8,18H2,1H3,(H2,19,26)(H,20,21)(H,22,27). The van der Waals surface area contributed by atoms with Crippen molar-refractivity contribution in [3.63, 3.8) is 0 Å². The first-order valence-corrected chi connectivity index (χ1v) is 8.74. The molecule has 0 bridgehead atoms. The number of carbonyl (C=O) groups is 2. The number of nitrogens with two attached hydrogens (primary N) is 2. The Kier molecular flexibility index (Phi) is 5.84. The Bertz CT molecular complexity index is 894. The summed E-state index contributed by atoms with van der Waals surface area (Å²) in [5.74, 6) is -0.227. The highest BCUT2D eigenvalue weighted by atomic mass is 16.3. The van der Waals surface area contributed by atoms with Gasteiger partial charge >= 0.3 is 0 Å². The third-order valence-corrected chi connectivity index (χ3v) is 4.04. The van der Waals surface area contributed by atoms with Gasteiger partial charge in [-0.25, -0.2) is 9.97 Å². The van der Waals surface area contributed by atoms with Gasteiger partial charge in [0, 0.05) is 25.4 Å². The molecule has 0 saturated heterocycles. The maximum absolute atomic E-state index is 12.5. The van der Waals surface area contributed by atoms with Gasteiger partial charge in [-0.1, -0.05) is 0 Å². The molecule has 2 amide bonds. The number of anilines is 1. The number of hydrogen-bond acceptors (Lipinski definition) is 9. The van der Waals surface area contributed by atoms with Crippen molar-refractivity contribution in [2.45, 2.75) is 12.5 Å². The summed E-state index contributed by atoms with van der Waals surface area (Å²) >= 11 is 0. The summed E-state index contributed by atoms with van der Waals surface area (Å²) in [5, 5.41) is 11.4. The number of aromatic nitrogens is 2. The smallest absolute Gasteiger partial charge is 0.273 e. The zero-order chi connectivity index (χ0) is 20.1. The molecular weight excluding hydrogens is 364 g/mol. The number of pyridine rings is 1. The van der Waals surface area contributed by atoms with Gasteiger partial charge in [0.25, 0.3) is 11.8 Å². The monoisotopic (exact) mass is 386 g/mol. The first kappa shape index (κ1) is 19.3. The van der Waals surface area contributed by atoms with Gasteiger partial charge in [-0.15, -0.1) is 0 Å². The second-order valence-corrected chi connectivity index (χ2v) is 6.25. The molecule has 2 aromatic rings. The van der Waals surface area contributed by atoms with Crippen LogP contribution < -0.4 is 22.1 Å². The van der Waals surface area contributed by atoms with Crippen LogP contribution in [0.25, 0.3) is 11.5 Å². The van der Waals surface area contributed by atoms with Crippen molar-refractivity contribution in [1.82, 2.24) is 20.3 Å². The molecule has 6 N–H and O–H groups in total. The quantitative estimate of drug-likeness (QED) is 0.436. The Labute approximate surface area is 161 Å². The summed E-state index contributed by atoms with van der Waals surface area (Å²) in [4.78, 5) is 32.4. The SMILES string of the molecule is CN1CC(NC(=O)c2coc(-c3ccnc(NCCCN)c3)n2)C(C(N)=O)=N1. The molecule has 0 saturated carbocycles. The summed E-state index contributed by atoms with van der Waals surface area (Å²) in [6.45, 7) is 1.63. The van der Waals surface area contributed by atoms with Crippen molar-refractivity contribution < 1.29 is 14.0 Å². The molecule has 1 aliphatic rings. The van der Waals surface area contributed by atoms with Gasteiger partial charge in [-0.3, -0.25) is 14.6 Å². The van der Waals surface area contributed by atoms with Crippen molar-refractivity contribution >= 4 is 23.3 Å². The minimum Gasteiger partial charge on any atom is -0.444 e. The third kappa shape index (κ3) is 4.43. The molecule has 3 rings (SSSR count). The van der Waals surface area contributed by atoms with Crippen LogP contribution in [0.3, 0.4) is 0 Å². The molecule has 0 spiro atoms. The number of oxazole rings is 1. The van der Waals surface area contributed by atoms with Crippen LogP contribution in [0.5, 0.6) is 0 Å². The van der Waals surface area contributed by atoms with Crippen LogP contribution in [0.2, 0.25) is 0 Å². The van der Waals surface area contributed by atoms with Gasteiger partial charge < -0.3 is 26.5 Å². The van der Waals surface area contributed by atoms with Gasteiger partial charge in [-0.2, -0.15) is 5.10 Å². The number of amides is 2. The van der Waals surface area contributed by atoms with Crippen LogP contribution in [-0.4, -0.2) is 65.2 Å². The lowest BCUT2D eigenvalue weighted by Gasteiger charge is -2.12. The Balaban J connectivity index is 1.68. The predicted octanol–water partition coefficient (Wildman–Crippen LogP) is -0.618. The molecule has 0 fully saturated rings. The number of rotatable bonds is 8. The number of carbonyl (C=O) groups excluding carboxylic acids is 2. The van der Waals surface area contributed by atoms with Crippen LogP contribution in [0.1, 0.15) is 16.9 Å². The van der Waals surface area contributed by atoms with E-state index in [-0.39, 0.29) is 17.3 Å². The van der Waals surface area contributed by atoms with E-state index in [4.69, 9.17) is 15.9 Å². The summed E-state index contributed by atoms with van der Waals surface area (Å²) in [6.07, 6.45) is 3.70. The zero-order valence-electron chi connectivity index (χ0n) is 15.4. The Morgan fingerprint density at radius 3 is 3.00 bits per heavy atom. The minimum atomic E-state index is -0.679. The molecule has 1 atom stereocenters. The molecule has 148 valence electrons. The molecule has 0 aliphatic carbocycles. The molecule has 0 radical (unpaired) electrons. The van der Waals surface area contributed by atoms with Crippen LogP contribution in [0.4, 0.5) is 5.82 Å². The van der Waals surface area contributed by atoms with Crippen molar-refractivity contribution in [2.24, 2.45) is 16.6 Å². The van der Waals surface area contributed by atoms with Gasteiger partial charge in [0.05, 0.1) is 12.6 Å². The van der Waals surface area contributed by atoms with E-state index < -0.39 is 17.9 Å². The predicted molar refractivity (Wildman–Crippen MR) is 102 cm³/mol. The van der Waals surface area contributed by atoms with Crippen molar-refractivity contribution in [3.05, 3.63) is 30.3 Å². The normalized spacial score (nSPS) is 16.0. The highest BCUT2D eigenvalue weighted by Crippen LogP contribution is 2.21. The fraction of sp³-hybridized carbons (Fsp3) is 0.353. The van der Waals surface area contributed by atoms with Crippen LogP contribution in [0, 0.1) is 0 Å². The maximum Gasteiger partial charge on any atom is 0.273 e. The first-order chi connectivity index (χ1) is 13.5. The summed E-state index contributed by atoms with van der Waals surface area (Å²) in [7, 11) is 1.69. The van der Waals surface area contributed by atoms with Crippen LogP contribution in [-0.2, 0) is 4.79 Å². The van der Waals surface area contributed by atoms with Crippen LogP contribution in [0.15, 0.2) is 34.1 Å². The van der Waals surface area contributed by atoms with Crippen molar-refractivity contribution in [3.8, 4) is 11.5 Å². The maximum atomic E-state index is 12.5. The molecule has 11 nitrogen and oxygen atoms in total. The van der Waals surface area contributed by atoms with E-state index in [1.807, 2.05) is 0 Å². The van der Waals surface area contributed by atoms with Gasteiger partial charge in [0.1, 0.15) is 17.8 Å². The lowest BCUT2D eigenvalue weighted by molar-refractivity contribution is -0.112. The molecule has 28 heavy (non-hydrogen) atoms. The fourth-order valence-corrected chi connectivity index (χ4v) is 2.70. The fourth-order valence-electron chi connectivity index (χ4n) is 2.70. The van der Waals surface area contributed by atoms with E-state index in [0.29, 0.717) is 31.0 Å². The van der Waals surface area contributed by atoms with Gasteiger partial charge in [0.2, 0.25) is 5.89 Å². The van der Waals surface area contributed by atoms with E-state index in [1.165, 1.54) is 11.3 Å². The Hall–Kier alpha value is -3.47. The largest absolute Gasteiger partial charge is 0.444 e. The molecule has 3 heterocycles. The number of nitrogens with zero attached hydrogens (tertiary/aromatic N) is 4. The van der Waals surface area contributed by atoms with Crippen LogP contribution >= 0.6 is 0 Å². The topological polar surface area (TPSA) is 165 Å². The molecule has 1 unspecified atom stereocenters. The zero-order valence-corrected chi connectivity index (χ0v) is 15.4. The lowest BCUT2D eigenvalue weighted by Crippen LogP contribution is -2.46. The third-order valence-electron chi connectivity index (χ3n) is 4.04. The van der Waals surface area contributed by atoms with Crippen molar-refractivity contribution in [1.29, 1.82) is 0 Å². The van der Waals surface area contributed by atoms with E-state index in [9.17, 15) is 9.59 Å². The highest BCUT2D eigenvalue weighted by Gasteiger charge is 2.30. The average molecular weight is 386 g/mol. The number of nitrogens with one attached hydrogen (secondary N) is 2.